The van der Waals surface area contributed by atoms with Crippen LogP contribution in [0.5, 0.6) is 0 Å². The number of halogens is 1. The number of rotatable bonds is 16. The van der Waals surface area contributed by atoms with Crippen LogP contribution in [0.4, 0.5) is 0 Å². The first kappa shape index (κ1) is 46.8. The lowest BCUT2D eigenvalue weighted by Crippen LogP contribution is -2.60. The molecule has 0 aliphatic carbocycles. The van der Waals surface area contributed by atoms with E-state index in [0.717, 1.165) is 51.8 Å². The Kier molecular flexibility index (Phi) is 14.2. The number of imidazole rings is 1. The number of esters is 2. The second kappa shape index (κ2) is 20.9. The topological polar surface area (TPSA) is 184 Å². The number of nitrogens with zero attached hydrogens (tertiary/aromatic N) is 6. The standard InChI is InChI=1S/C54H49ClN6O8/c1-2-3-28-43-56-49(55)44(51(65)69-53-47(64)45(62)46(63)48(68-53)52(66)67-34-36-18-8-4-9-19-36)60(43)33-35-29-31-37(32-30-35)41-26-16-17-27-42(41)50-57-58-59-61(50)54(38-20-10-5-11-21-38,39-22-12-6-13-23-39)40-24-14-7-15-25-40/h4-27,29-32,45-48,53,62-64H,2-3,28,33-34H2,1H3/t45-,46-,47+,48-,53?/m0/s1. The number of carbonyl (C=O) groups excluding carboxylic acids is 2. The van der Waals surface area contributed by atoms with Crippen molar-refractivity contribution in [3.05, 3.63) is 214 Å². The molecule has 0 saturated carbocycles. The average Bonchev–Trinajstić information content (AvgIpc) is 4.01. The van der Waals surface area contributed by atoms with Crippen molar-refractivity contribution in [1.82, 2.24) is 29.8 Å². The normalized spacial score (nSPS) is 18.1. The third-order valence-electron chi connectivity index (χ3n) is 12.3. The molecule has 0 spiro atoms. The van der Waals surface area contributed by atoms with Gasteiger partial charge in [-0.3, -0.25) is 0 Å². The highest BCUT2D eigenvalue weighted by molar-refractivity contribution is 6.32. The van der Waals surface area contributed by atoms with Crippen molar-refractivity contribution in [2.45, 2.75) is 75.6 Å². The maximum absolute atomic E-state index is 14.1. The van der Waals surface area contributed by atoms with Gasteiger partial charge in [-0.05, 0) is 55.8 Å². The van der Waals surface area contributed by atoms with Crippen LogP contribution in [0.15, 0.2) is 170 Å². The fourth-order valence-electron chi connectivity index (χ4n) is 8.86. The summed E-state index contributed by atoms with van der Waals surface area (Å²) in [5.41, 5.74) is 5.86. The Morgan fingerprint density at radius 1 is 0.696 bits per heavy atom. The highest BCUT2D eigenvalue weighted by atomic mass is 35.5. The smallest absolute Gasteiger partial charge is 0.360 e. The first-order valence-corrected chi connectivity index (χ1v) is 23.1. The van der Waals surface area contributed by atoms with Gasteiger partial charge in [0, 0.05) is 18.5 Å². The fraction of sp³-hybridized carbons (Fsp3) is 0.222. The maximum atomic E-state index is 14.1. The van der Waals surface area contributed by atoms with Gasteiger partial charge in [-0.25, -0.2) is 19.3 Å². The predicted octanol–water partition coefficient (Wildman–Crippen LogP) is 7.80. The summed E-state index contributed by atoms with van der Waals surface area (Å²) in [6.45, 7) is 2.05. The lowest BCUT2D eigenvalue weighted by Gasteiger charge is -2.38. The molecule has 3 N–H and O–H groups in total. The van der Waals surface area contributed by atoms with Crippen LogP contribution < -0.4 is 0 Å². The van der Waals surface area contributed by atoms with Gasteiger partial charge in [-0.15, -0.1) is 5.10 Å². The van der Waals surface area contributed by atoms with Crippen LogP contribution in [0, 0.1) is 0 Å². The SMILES string of the molecule is CCCCc1nc(Cl)c(C(=O)OC2O[C@H](C(=O)OCc3ccccc3)[C@@H](O)[C@H](O)[C@H]2O)n1Cc1ccc(-c2ccccc2-c2nnnn2C(c2ccccc2)(c2ccccc2)c2ccccc2)cc1. The third kappa shape index (κ3) is 9.45. The van der Waals surface area contributed by atoms with E-state index in [-0.39, 0.29) is 24.0 Å². The van der Waals surface area contributed by atoms with Gasteiger partial charge in [0.1, 0.15) is 36.3 Å². The Bertz CT molecular complexity index is 2890. The largest absolute Gasteiger partial charge is 0.459 e. The van der Waals surface area contributed by atoms with E-state index >= 15 is 0 Å². The molecule has 0 amide bonds. The number of aliphatic hydroxyl groups is 3. The van der Waals surface area contributed by atoms with Gasteiger partial charge in [-0.1, -0.05) is 195 Å². The maximum Gasteiger partial charge on any atom is 0.360 e. The molecule has 0 bridgehead atoms. The zero-order chi connectivity index (χ0) is 47.9. The van der Waals surface area contributed by atoms with Gasteiger partial charge in [0.15, 0.2) is 22.8 Å². The lowest BCUT2D eigenvalue weighted by atomic mass is 9.77. The Morgan fingerprint density at radius 2 is 1.26 bits per heavy atom. The number of aromatic nitrogens is 6. The minimum atomic E-state index is -1.92. The summed E-state index contributed by atoms with van der Waals surface area (Å²) in [5.74, 6) is -0.975. The third-order valence-corrected chi connectivity index (χ3v) is 12.6. The predicted molar refractivity (Wildman–Crippen MR) is 257 cm³/mol. The van der Waals surface area contributed by atoms with Crippen molar-refractivity contribution in [3.63, 3.8) is 0 Å². The molecular formula is C54H49ClN6O8. The van der Waals surface area contributed by atoms with Gasteiger partial charge >= 0.3 is 11.9 Å². The van der Waals surface area contributed by atoms with Crippen LogP contribution in [0.25, 0.3) is 22.5 Å². The van der Waals surface area contributed by atoms with Gasteiger partial charge in [0.25, 0.3) is 0 Å². The van der Waals surface area contributed by atoms with Crippen LogP contribution in [-0.2, 0) is 44.1 Å². The molecule has 1 fully saturated rings. The monoisotopic (exact) mass is 944 g/mol. The number of unbranched alkanes of at least 4 members (excludes halogenated alkanes) is 1. The van der Waals surface area contributed by atoms with Gasteiger partial charge in [0.05, 0.1) is 0 Å². The molecular weight excluding hydrogens is 896 g/mol. The second-order valence-corrected chi connectivity index (χ2v) is 17.1. The van der Waals surface area contributed by atoms with E-state index in [1.807, 2.05) is 121 Å². The number of hydrogen-bond acceptors (Lipinski definition) is 12. The van der Waals surface area contributed by atoms with Gasteiger partial charge in [0.2, 0.25) is 6.29 Å². The Balaban J connectivity index is 1.01. The summed E-state index contributed by atoms with van der Waals surface area (Å²) in [6, 6.07) is 55.3. The molecule has 3 heterocycles. The minimum Gasteiger partial charge on any atom is -0.459 e. The molecule has 15 heteroatoms. The summed E-state index contributed by atoms with van der Waals surface area (Å²) in [6.07, 6.45) is -7.27. The molecule has 1 aliphatic rings. The van der Waals surface area contributed by atoms with Crippen molar-refractivity contribution in [2.75, 3.05) is 0 Å². The number of tetrazole rings is 1. The van der Waals surface area contributed by atoms with Crippen molar-refractivity contribution < 1.29 is 39.1 Å². The summed E-state index contributed by atoms with van der Waals surface area (Å²) in [4.78, 5) is 31.7. The number of ether oxygens (including phenoxy) is 3. The van der Waals surface area contributed by atoms with Crippen LogP contribution >= 0.6 is 11.6 Å². The highest BCUT2D eigenvalue weighted by Crippen LogP contribution is 2.43. The number of aryl methyl sites for hydroxylation is 1. The van der Waals surface area contributed by atoms with Crippen molar-refractivity contribution in [1.29, 1.82) is 0 Å². The number of benzene rings is 6. The molecule has 0 radical (unpaired) electrons. The molecule has 1 unspecified atom stereocenters. The van der Waals surface area contributed by atoms with Crippen molar-refractivity contribution in [3.8, 4) is 22.5 Å². The molecule has 1 aliphatic heterocycles. The van der Waals surface area contributed by atoms with Crippen LogP contribution in [0.2, 0.25) is 5.15 Å². The first-order valence-electron chi connectivity index (χ1n) is 22.7. The molecule has 8 aromatic rings. The van der Waals surface area contributed by atoms with Gasteiger partial charge in [-0.2, -0.15) is 0 Å². The van der Waals surface area contributed by atoms with Gasteiger partial charge < -0.3 is 34.1 Å². The fourth-order valence-corrected chi connectivity index (χ4v) is 9.13. The number of hydrogen-bond donors (Lipinski definition) is 3. The highest BCUT2D eigenvalue weighted by Gasteiger charge is 2.50. The first-order chi connectivity index (χ1) is 33.7. The molecule has 14 nitrogen and oxygen atoms in total. The summed E-state index contributed by atoms with van der Waals surface area (Å²) >= 11 is 6.69. The molecule has 2 aromatic heterocycles. The van der Waals surface area contributed by atoms with Crippen LogP contribution in [0.1, 0.15) is 63.9 Å². The molecule has 350 valence electrons. The lowest BCUT2D eigenvalue weighted by molar-refractivity contribution is -0.280. The van der Waals surface area contributed by atoms with Crippen LogP contribution in [0.3, 0.4) is 0 Å². The molecule has 6 aromatic carbocycles. The summed E-state index contributed by atoms with van der Waals surface area (Å²) in [5, 5.41) is 45.9. The molecule has 5 atom stereocenters. The van der Waals surface area contributed by atoms with Crippen molar-refractivity contribution in [2.24, 2.45) is 0 Å². The Labute approximate surface area is 403 Å². The van der Waals surface area contributed by atoms with E-state index in [2.05, 4.69) is 46.6 Å². The van der Waals surface area contributed by atoms with E-state index in [0.29, 0.717) is 23.6 Å². The van der Waals surface area contributed by atoms with Crippen LogP contribution in [-0.4, -0.2) is 87.7 Å². The van der Waals surface area contributed by atoms with E-state index in [4.69, 9.17) is 36.1 Å². The number of carbonyl (C=O) groups is 2. The van der Waals surface area contributed by atoms with E-state index < -0.39 is 48.2 Å². The molecule has 69 heavy (non-hydrogen) atoms. The minimum absolute atomic E-state index is 0.123. The zero-order valence-corrected chi connectivity index (χ0v) is 38.3. The van der Waals surface area contributed by atoms with E-state index in [9.17, 15) is 24.9 Å². The quantitative estimate of drug-likeness (QED) is 0.0632. The zero-order valence-electron chi connectivity index (χ0n) is 37.5. The molecule has 9 rings (SSSR count). The molecule has 1 saturated heterocycles. The van der Waals surface area contributed by atoms with E-state index in [1.54, 1.807) is 28.8 Å². The second-order valence-electron chi connectivity index (χ2n) is 16.7. The van der Waals surface area contributed by atoms with E-state index in [1.165, 1.54) is 0 Å². The average molecular weight is 945 g/mol. The summed E-state index contributed by atoms with van der Waals surface area (Å²) < 4.78 is 20.1. The number of aliphatic hydroxyl groups excluding tert-OH is 3. The summed E-state index contributed by atoms with van der Waals surface area (Å²) in [7, 11) is 0. The Morgan fingerprint density at radius 3 is 1.86 bits per heavy atom. The Hall–Kier alpha value is -7.33. The van der Waals surface area contributed by atoms with Crippen molar-refractivity contribution >= 4 is 23.5 Å².